The number of fused-ring (bicyclic) bond motifs is 1. The third-order valence-electron chi connectivity index (χ3n) is 4.85. The van der Waals surface area contributed by atoms with E-state index >= 15 is 0 Å². The van der Waals surface area contributed by atoms with Gasteiger partial charge in [0.1, 0.15) is 5.82 Å². The summed E-state index contributed by atoms with van der Waals surface area (Å²) in [7, 11) is 0. The van der Waals surface area contributed by atoms with Crippen molar-refractivity contribution in [2.24, 2.45) is 0 Å². The quantitative estimate of drug-likeness (QED) is 0.846. The number of hydrogen-bond acceptors (Lipinski definition) is 2. The van der Waals surface area contributed by atoms with Crippen molar-refractivity contribution < 1.29 is 4.79 Å². The van der Waals surface area contributed by atoms with Crippen LogP contribution in [0.15, 0.2) is 18.2 Å². The highest BCUT2D eigenvalue weighted by Crippen LogP contribution is 2.33. The Morgan fingerprint density at radius 1 is 1.30 bits per heavy atom. The maximum absolute atomic E-state index is 11.9. The number of benzene rings is 1. The molecule has 4 nitrogen and oxygen atoms in total. The second kappa shape index (κ2) is 7.16. The van der Waals surface area contributed by atoms with E-state index in [9.17, 15) is 4.79 Å². The van der Waals surface area contributed by atoms with Crippen LogP contribution in [0.25, 0.3) is 11.0 Å². The van der Waals surface area contributed by atoms with Crippen LogP contribution in [0.4, 0.5) is 5.69 Å². The summed E-state index contributed by atoms with van der Waals surface area (Å²) in [6, 6.07) is 6.70. The van der Waals surface area contributed by atoms with Crippen molar-refractivity contribution in [1.82, 2.24) is 9.55 Å². The molecule has 0 aliphatic heterocycles. The molecule has 0 spiro atoms. The van der Waals surface area contributed by atoms with Crippen molar-refractivity contribution in [2.75, 3.05) is 5.32 Å². The second-order valence-electron chi connectivity index (χ2n) is 6.68. The summed E-state index contributed by atoms with van der Waals surface area (Å²) < 4.78 is 2.40. The summed E-state index contributed by atoms with van der Waals surface area (Å²) in [5.41, 5.74) is 3.04. The number of unbranched alkanes of at least 4 members (excludes halogenated alkanes) is 1. The Labute approximate surface area is 138 Å². The van der Waals surface area contributed by atoms with Gasteiger partial charge in [0.2, 0.25) is 5.91 Å². The molecule has 1 heterocycles. The van der Waals surface area contributed by atoms with Gasteiger partial charge in [-0.15, -0.1) is 0 Å². The summed E-state index contributed by atoms with van der Waals surface area (Å²) in [4.78, 5) is 16.6. The van der Waals surface area contributed by atoms with Gasteiger partial charge in [0.05, 0.1) is 11.0 Å². The van der Waals surface area contributed by atoms with Crippen molar-refractivity contribution in [2.45, 2.75) is 71.3 Å². The van der Waals surface area contributed by atoms with Crippen LogP contribution in [-0.4, -0.2) is 15.5 Å². The summed E-state index contributed by atoms with van der Waals surface area (Å²) >= 11 is 0. The van der Waals surface area contributed by atoms with Crippen LogP contribution in [0, 0.1) is 6.92 Å². The summed E-state index contributed by atoms with van der Waals surface area (Å²) in [6.45, 7) is 4.19. The SMILES string of the molecule is CCCCC(=O)Nc1ccc2c(c1)nc(C)n2C1CCCCC1. The Hall–Kier alpha value is -1.84. The highest BCUT2D eigenvalue weighted by atomic mass is 16.1. The van der Waals surface area contributed by atoms with Gasteiger partial charge in [-0.25, -0.2) is 4.98 Å². The van der Waals surface area contributed by atoms with E-state index in [1.54, 1.807) is 0 Å². The fourth-order valence-corrected chi connectivity index (χ4v) is 3.66. The van der Waals surface area contributed by atoms with Gasteiger partial charge in [-0.2, -0.15) is 0 Å². The lowest BCUT2D eigenvalue weighted by atomic mass is 9.95. The molecule has 1 aliphatic rings. The summed E-state index contributed by atoms with van der Waals surface area (Å²) in [5.74, 6) is 1.18. The van der Waals surface area contributed by atoms with E-state index in [2.05, 4.69) is 29.8 Å². The van der Waals surface area contributed by atoms with E-state index in [0.29, 0.717) is 12.5 Å². The highest BCUT2D eigenvalue weighted by Gasteiger charge is 2.19. The Balaban J connectivity index is 1.82. The molecule has 1 aromatic carbocycles. The van der Waals surface area contributed by atoms with Gasteiger partial charge in [0.15, 0.2) is 0 Å². The van der Waals surface area contributed by atoms with Crippen molar-refractivity contribution in [1.29, 1.82) is 0 Å². The molecule has 124 valence electrons. The van der Waals surface area contributed by atoms with E-state index in [1.165, 1.54) is 37.6 Å². The Morgan fingerprint density at radius 2 is 2.09 bits per heavy atom. The monoisotopic (exact) mass is 313 g/mol. The molecule has 1 fully saturated rings. The van der Waals surface area contributed by atoms with Gasteiger partial charge >= 0.3 is 0 Å². The van der Waals surface area contributed by atoms with Crippen LogP contribution in [-0.2, 0) is 4.79 Å². The van der Waals surface area contributed by atoms with E-state index in [4.69, 9.17) is 4.98 Å². The van der Waals surface area contributed by atoms with Gasteiger partial charge < -0.3 is 9.88 Å². The molecule has 2 aromatic rings. The molecule has 1 aromatic heterocycles. The largest absolute Gasteiger partial charge is 0.326 e. The maximum atomic E-state index is 11.9. The molecule has 23 heavy (non-hydrogen) atoms. The molecule has 0 radical (unpaired) electrons. The van der Waals surface area contributed by atoms with Crippen LogP contribution >= 0.6 is 0 Å². The number of rotatable bonds is 5. The number of aromatic nitrogens is 2. The number of hydrogen-bond donors (Lipinski definition) is 1. The van der Waals surface area contributed by atoms with Crippen molar-refractivity contribution >= 4 is 22.6 Å². The van der Waals surface area contributed by atoms with E-state index in [-0.39, 0.29) is 5.91 Å². The predicted molar refractivity (Wildman–Crippen MR) is 94.7 cm³/mol. The average Bonchev–Trinajstić information content (AvgIpc) is 2.88. The number of anilines is 1. The minimum absolute atomic E-state index is 0.0923. The number of carbonyl (C=O) groups excluding carboxylic acids is 1. The lowest BCUT2D eigenvalue weighted by Gasteiger charge is -2.25. The van der Waals surface area contributed by atoms with Crippen LogP contribution < -0.4 is 5.32 Å². The first kappa shape index (κ1) is 16.0. The minimum atomic E-state index is 0.0923. The van der Waals surface area contributed by atoms with Crippen LogP contribution in [0.2, 0.25) is 0 Å². The predicted octanol–water partition coefficient (Wildman–Crippen LogP) is 4.98. The molecule has 0 saturated heterocycles. The van der Waals surface area contributed by atoms with Gasteiger partial charge in [-0.1, -0.05) is 32.6 Å². The van der Waals surface area contributed by atoms with Gasteiger partial charge in [0.25, 0.3) is 0 Å². The zero-order chi connectivity index (χ0) is 16.2. The van der Waals surface area contributed by atoms with Crippen molar-refractivity contribution in [3.8, 4) is 0 Å². The number of nitrogens with zero attached hydrogens (tertiary/aromatic N) is 2. The lowest BCUT2D eigenvalue weighted by Crippen LogP contribution is -2.14. The van der Waals surface area contributed by atoms with Gasteiger partial charge in [-0.05, 0) is 44.4 Å². The topological polar surface area (TPSA) is 46.9 Å². The smallest absolute Gasteiger partial charge is 0.224 e. The zero-order valence-electron chi connectivity index (χ0n) is 14.3. The van der Waals surface area contributed by atoms with Crippen LogP contribution in [0.1, 0.15) is 70.2 Å². The minimum Gasteiger partial charge on any atom is -0.326 e. The molecular formula is C19H27N3O. The van der Waals surface area contributed by atoms with E-state index in [0.717, 1.165) is 29.9 Å². The van der Waals surface area contributed by atoms with Crippen molar-refractivity contribution in [3.63, 3.8) is 0 Å². The first-order valence-corrected chi connectivity index (χ1v) is 8.97. The first-order chi connectivity index (χ1) is 11.2. The molecule has 1 saturated carbocycles. The molecular weight excluding hydrogens is 286 g/mol. The Bertz CT molecular complexity index is 683. The number of aryl methyl sites for hydroxylation is 1. The van der Waals surface area contributed by atoms with Crippen LogP contribution in [0.5, 0.6) is 0 Å². The van der Waals surface area contributed by atoms with Gasteiger partial charge in [-0.3, -0.25) is 4.79 Å². The van der Waals surface area contributed by atoms with E-state index in [1.807, 2.05) is 12.1 Å². The maximum Gasteiger partial charge on any atom is 0.224 e. The lowest BCUT2D eigenvalue weighted by molar-refractivity contribution is -0.116. The number of amides is 1. The highest BCUT2D eigenvalue weighted by molar-refractivity contribution is 5.93. The normalized spacial score (nSPS) is 15.9. The molecule has 1 aliphatic carbocycles. The molecule has 3 rings (SSSR count). The molecule has 1 amide bonds. The summed E-state index contributed by atoms with van der Waals surface area (Å²) in [5, 5.41) is 2.99. The molecule has 4 heteroatoms. The van der Waals surface area contributed by atoms with Crippen LogP contribution in [0.3, 0.4) is 0 Å². The van der Waals surface area contributed by atoms with Gasteiger partial charge in [0, 0.05) is 18.2 Å². The first-order valence-electron chi connectivity index (χ1n) is 8.97. The zero-order valence-corrected chi connectivity index (χ0v) is 14.3. The average molecular weight is 313 g/mol. The standard InChI is InChI=1S/C19H27N3O/c1-3-4-10-19(23)21-15-11-12-18-17(13-15)20-14(2)22(18)16-8-6-5-7-9-16/h11-13,16H,3-10H2,1-2H3,(H,21,23). The number of imidazole rings is 1. The molecule has 0 unspecified atom stereocenters. The molecule has 0 bridgehead atoms. The third kappa shape index (κ3) is 3.57. The number of carbonyl (C=O) groups is 1. The fraction of sp³-hybridized carbons (Fsp3) is 0.579. The molecule has 1 N–H and O–H groups in total. The van der Waals surface area contributed by atoms with Crippen molar-refractivity contribution in [3.05, 3.63) is 24.0 Å². The summed E-state index contributed by atoms with van der Waals surface area (Å²) in [6.07, 6.45) is 9.05. The molecule has 0 atom stereocenters. The third-order valence-corrected chi connectivity index (χ3v) is 4.85. The Morgan fingerprint density at radius 3 is 2.83 bits per heavy atom. The second-order valence-corrected chi connectivity index (χ2v) is 6.68. The van der Waals surface area contributed by atoms with E-state index < -0.39 is 0 Å². The Kier molecular flexibility index (Phi) is 4.99. The number of nitrogens with one attached hydrogen (secondary N) is 1. The fourth-order valence-electron chi connectivity index (χ4n) is 3.66.